The molecule has 4 heteroatoms. The molecule has 0 radical (unpaired) electrons. The third kappa shape index (κ3) is 2.91. The molecule has 0 aromatic heterocycles. The van der Waals surface area contributed by atoms with Gasteiger partial charge in [-0.25, -0.2) is 0 Å². The van der Waals surface area contributed by atoms with Crippen LogP contribution in [0.4, 0.5) is 0 Å². The van der Waals surface area contributed by atoms with Crippen LogP contribution in [-0.4, -0.2) is 26.5 Å². The maximum atomic E-state index is 13.2. The summed E-state index contributed by atoms with van der Waals surface area (Å²) in [4.78, 5) is 13.2. The molecular formula is C17H25NO3. The van der Waals surface area contributed by atoms with E-state index in [1.165, 1.54) is 0 Å². The van der Waals surface area contributed by atoms with Gasteiger partial charge in [-0.1, -0.05) is 13.0 Å². The Morgan fingerprint density at radius 2 is 1.76 bits per heavy atom. The molecule has 21 heavy (non-hydrogen) atoms. The van der Waals surface area contributed by atoms with Crippen LogP contribution in [0.3, 0.4) is 0 Å². The minimum atomic E-state index is -0.478. The molecule has 0 amide bonds. The first-order chi connectivity index (χ1) is 10.1. The van der Waals surface area contributed by atoms with Crippen LogP contribution in [0.2, 0.25) is 0 Å². The van der Waals surface area contributed by atoms with Crippen LogP contribution in [0.15, 0.2) is 18.2 Å². The number of hydrogen-bond acceptors (Lipinski definition) is 4. The maximum Gasteiger partial charge on any atom is 0.177 e. The fraction of sp³-hybridized carbons (Fsp3) is 0.588. The van der Waals surface area contributed by atoms with Gasteiger partial charge in [0.15, 0.2) is 5.78 Å². The Kier molecular flexibility index (Phi) is 4.88. The van der Waals surface area contributed by atoms with E-state index < -0.39 is 5.41 Å². The van der Waals surface area contributed by atoms with Gasteiger partial charge in [-0.3, -0.25) is 4.79 Å². The van der Waals surface area contributed by atoms with E-state index in [1.807, 2.05) is 6.07 Å². The topological polar surface area (TPSA) is 61.5 Å². The van der Waals surface area contributed by atoms with Gasteiger partial charge in [0.2, 0.25) is 0 Å². The van der Waals surface area contributed by atoms with Gasteiger partial charge in [0.05, 0.1) is 14.2 Å². The molecule has 0 unspecified atom stereocenters. The van der Waals surface area contributed by atoms with Gasteiger partial charge in [-0.2, -0.15) is 0 Å². The van der Waals surface area contributed by atoms with E-state index in [2.05, 4.69) is 6.92 Å². The number of carbonyl (C=O) groups excluding carboxylic acids is 1. The molecule has 0 atom stereocenters. The Morgan fingerprint density at radius 3 is 2.19 bits per heavy atom. The minimum Gasteiger partial charge on any atom is -0.496 e. The largest absolute Gasteiger partial charge is 0.496 e. The highest BCUT2D eigenvalue weighted by Gasteiger charge is 2.42. The Morgan fingerprint density at radius 1 is 1.24 bits per heavy atom. The molecule has 1 aromatic carbocycles. The van der Waals surface area contributed by atoms with Crippen LogP contribution in [0, 0.1) is 11.3 Å². The highest BCUT2D eigenvalue weighted by Crippen LogP contribution is 2.43. The zero-order valence-electron chi connectivity index (χ0n) is 13.1. The molecule has 1 aliphatic rings. The van der Waals surface area contributed by atoms with Crippen molar-refractivity contribution in [2.24, 2.45) is 17.1 Å². The molecule has 2 N–H and O–H groups in total. The van der Waals surface area contributed by atoms with Crippen molar-refractivity contribution in [2.75, 3.05) is 20.8 Å². The summed E-state index contributed by atoms with van der Waals surface area (Å²) in [7, 11) is 3.15. The number of benzene rings is 1. The van der Waals surface area contributed by atoms with Gasteiger partial charge < -0.3 is 15.2 Å². The number of Topliss-reactive ketones (excluding diaryl/α,β-unsaturated/α-hetero) is 1. The lowest BCUT2D eigenvalue weighted by Gasteiger charge is -2.37. The van der Waals surface area contributed by atoms with E-state index in [0.29, 0.717) is 29.5 Å². The van der Waals surface area contributed by atoms with Crippen molar-refractivity contribution in [3.8, 4) is 11.5 Å². The zero-order valence-corrected chi connectivity index (χ0v) is 13.1. The second-order valence-electron chi connectivity index (χ2n) is 6.03. The summed E-state index contributed by atoms with van der Waals surface area (Å²) < 4.78 is 10.7. The summed E-state index contributed by atoms with van der Waals surface area (Å²) in [6.07, 6.45) is 3.76. The average molecular weight is 291 g/mol. The van der Waals surface area contributed by atoms with Gasteiger partial charge in [-0.15, -0.1) is 0 Å². The molecular weight excluding hydrogens is 266 g/mol. The number of ether oxygens (including phenoxy) is 2. The lowest BCUT2D eigenvalue weighted by atomic mass is 9.67. The van der Waals surface area contributed by atoms with E-state index in [1.54, 1.807) is 26.4 Å². The van der Waals surface area contributed by atoms with Gasteiger partial charge in [-0.05, 0) is 43.7 Å². The average Bonchev–Trinajstić information content (AvgIpc) is 2.54. The number of rotatable bonds is 5. The van der Waals surface area contributed by atoms with Crippen LogP contribution < -0.4 is 15.2 Å². The van der Waals surface area contributed by atoms with Crippen LogP contribution in [0.25, 0.3) is 0 Å². The molecule has 1 aliphatic carbocycles. The van der Waals surface area contributed by atoms with E-state index in [4.69, 9.17) is 15.2 Å². The van der Waals surface area contributed by atoms with Crippen molar-refractivity contribution in [3.05, 3.63) is 23.8 Å². The molecule has 0 aliphatic heterocycles. The number of methoxy groups -OCH3 is 2. The lowest BCUT2D eigenvalue weighted by molar-refractivity contribution is 0.0688. The fourth-order valence-electron chi connectivity index (χ4n) is 3.18. The summed E-state index contributed by atoms with van der Waals surface area (Å²) in [5.74, 6) is 1.85. The molecule has 0 bridgehead atoms. The second kappa shape index (κ2) is 6.48. The van der Waals surface area contributed by atoms with Crippen LogP contribution in [0.1, 0.15) is 43.0 Å². The molecule has 1 fully saturated rings. The van der Waals surface area contributed by atoms with Crippen LogP contribution in [-0.2, 0) is 0 Å². The first-order valence-corrected chi connectivity index (χ1v) is 7.54. The third-order valence-electron chi connectivity index (χ3n) is 4.76. The molecule has 1 aromatic rings. The first-order valence-electron chi connectivity index (χ1n) is 7.54. The fourth-order valence-corrected chi connectivity index (χ4v) is 3.18. The molecule has 0 heterocycles. The van der Waals surface area contributed by atoms with Crippen molar-refractivity contribution in [1.82, 2.24) is 0 Å². The first kappa shape index (κ1) is 15.8. The summed E-state index contributed by atoms with van der Waals surface area (Å²) >= 11 is 0. The SMILES string of the molecule is COc1cccc(OC)c1C(=O)C1(CN)CCC(C)CC1. The van der Waals surface area contributed by atoms with Crippen LogP contribution in [0.5, 0.6) is 11.5 Å². The van der Waals surface area contributed by atoms with E-state index >= 15 is 0 Å². The molecule has 4 nitrogen and oxygen atoms in total. The molecule has 116 valence electrons. The number of nitrogens with two attached hydrogens (primary N) is 1. The molecule has 0 spiro atoms. The van der Waals surface area contributed by atoms with Crippen molar-refractivity contribution in [2.45, 2.75) is 32.6 Å². The Bertz CT molecular complexity index is 483. The number of carbonyl (C=O) groups is 1. The Balaban J connectivity index is 2.43. The number of ketones is 1. The summed E-state index contributed by atoms with van der Waals surface area (Å²) in [6, 6.07) is 5.42. The Labute approximate surface area is 126 Å². The van der Waals surface area contributed by atoms with E-state index in [9.17, 15) is 4.79 Å². The normalized spacial score (nSPS) is 25.4. The zero-order chi connectivity index (χ0) is 15.5. The van der Waals surface area contributed by atoms with Gasteiger partial charge in [0.25, 0.3) is 0 Å². The van der Waals surface area contributed by atoms with Crippen molar-refractivity contribution in [1.29, 1.82) is 0 Å². The van der Waals surface area contributed by atoms with E-state index in [-0.39, 0.29) is 5.78 Å². The lowest BCUT2D eigenvalue weighted by Crippen LogP contribution is -2.42. The quantitative estimate of drug-likeness (QED) is 0.847. The third-order valence-corrected chi connectivity index (χ3v) is 4.76. The smallest absolute Gasteiger partial charge is 0.177 e. The van der Waals surface area contributed by atoms with Crippen molar-refractivity contribution < 1.29 is 14.3 Å². The molecule has 2 rings (SSSR count). The van der Waals surface area contributed by atoms with E-state index in [0.717, 1.165) is 25.7 Å². The van der Waals surface area contributed by atoms with Crippen molar-refractivity contribution in [3.63, 3.8) is 0 Å². The summed E-state index contributed by atoms with van der Waals surface area (Å²) in [6.45, 7) is 2.61. The van der Waals surface area contributed by atoms with Crippen molar-refractivity contribution >= 4 is 5.78 Å². The standard InChI is InChI=1S/C17H25NO3/c1-12-7-9-17(11-18,10-8-12)16(19)15-13(20-2)5-4-6-14(15)21-3/h4-6,12H,7-11,18H2,1-3H3. The summed E-state index contributed by atoms with van der Waals surface area (Å²) in [5.41, 5.74) is 6.05. The van der Waals surface area contributed by atoms with Gasteiger partial charge in [0.1, 0.15) is 17.1 Å². The second-order valence-corrected chi connectivity index (χ2v) is 6.03. The predicted molar refractivity (Wildman–Crippen MR) is 83.0 cm³/mol. The summed E-state index contributed by atoms with van der Waals surface area (Å²) in [5, 5.41) is 0. The minimum absolute atomic E-state index is 0.0613. The maximum absolute atomic E-state index is 13.2. The highest BCUT2D eigenvalue weighted by molar-refractivity contribution is 6.05. The monoisotopic (exact) mass is 291 g/mol. The van der Waals surface area contributed by atoms with Crippen LogP contribution >= 0.6 is 0 Å². The predicted octanol–water partition coefficient (Wildman–Crippen LogP) is 3.04. The molecule has 0 saturated heterocycles. The number of hydrogen-bond donors (Lipinski definition) is 1. The molecule has 1 saturated carbocycles. The highest BCUT2D eigenvalue weighted by atomic mass is 16.5. The van der Waals surface area contributed by atoms with Gasteiger partial charge in [0, 0.05) is 12.0 Å². The Hall–Kier alpha value is -1.55. The van der Waals surface area contributed by atoms with Gasteiger partial charge >= 0.3 is 0 Å².